The van der Waals surface area contributed by atoms with Gasteiger partial charge in [-0.15, -0.1) is 0 Å². The number of piperidine rings is 1. The maximum Gasteiger partial charge on any atom is 0.408 e. The molecular weight excluding hydrogens is 296 g/mol. The van der Waals surface area contributed by atoms with E-state index in [4.69, 9.17) is 9.84 Å². The number of rotatable bonds is 5. The van der Waals surface area contributed by atoms with E-state index >= 15 is 0 Å². The molecule has 23 heavy (non-hydrogen) atoms. The summed E-state index contributed by atoms with van der Waals surface area (Å²) in [6.07, 6.45) is 1.00. The fourth-order valence-electron chi connectivity index (χ4n) is 2.61. The van der Waals surface area contributed by atoms with E-state index in [1.54, 1.807) is 11.8 Å². The van der Waals surface area contributed by atoms with Crippen molar-refractivity contribution in [1.82, 2.24) is 10.2 Å². The Bertz CT molecular complexity index is 513. The number of hydrogen-bond acceptors (Lipinski definition) is 4. The number of hydrogen-bond donors (Lipinski definition) is 2. The van der Waals surface area contributed by atoms with Crippen molar-refractivity contribution in [3.8, 4) is 0 Å². The highest BCUT2D eigenvalue weighted by molar-refractivity contribution is 5.85. The minimum atomic E-state index is -0.621. The molecule has 6 heteroatoms. The zero-order chi connectivity index (χ0) is 16.7. The molecule has 1 aromatic carbocycles. The van der Waals surface area contributed by atoms with Gasteiger partial charge in [0.15, 0.2) is 0 Å². The molecule has 2 rings (SSSR count). The summed E-state index contributed by atoms with van der Waals surface area (Å²) < 4.78 is 5.12. The number of carbonyl (C=O) groups is 2. The fraction of sp³-hybridized carbons (Fsp3) is 0.529. The van der Waals surface area contributed by atoms with Crippen molar-refractivity contribution in [2.45, 2.75) is 32.4 Å². The van der Waals surface area contributed by atoms with Gasteiger partial charge in [0.25, 0.3) is 0 Å². The number of ether oxygens (including phenoxy) is 1. The Balaban J connectivity index is 1.73. The highest BCUT2D eigenvalue weighted by Crippen LogP contribution is 2.17. The highest BCUT2D eigenvalue weighted by Gasteiger charge is 2.26. The van der Waals surface area contributed by atoms with E-state index in [1.165, 1.54) is 0 Å². The normalized spacial score (nSPS) is 16.7. The number of likely N-dealkylation sites (tertiary alicyclic amines) is 1. The molecule has 1 unspecified atom stereocenters. The van der Waals surface area contributed by atoms with Crippen LogP contribution in [0.3, 0.4) is 0 Å². The van der Waals surface area contributed by atoms with Crippen LogP contribution in [-0.4, -0.2) is 47.7 Å². The number of nitrogens with one attached hydrogen (secondary N) is 1. The number of carbonyl (C=O) groups excluding carboxylic acids is 2. The standard InChI is InChI=1S/C17H24N2O4/c1-13(16(21)19-9-7-14(11-20)8-10-19)18-17(22)23-12-15-5-3-2-4-6-15/h2-6,13-14,20H,7-12H2,1H3,(H,18,22). The van der Waals surface area contributed by atoms with Crippen LogP contribution in [0.15, 0.2) is 30.3 Å². The van der Waals surface area contributed by atoms with Crippen LogP contribution < -0.4 is 5.32 Å². The van der Waals surface area contributed by atoms with E-state index < -0.39 is 12.1 Å². The first kappa shape index (κ1) is 17.3. The zero-order valence-electron chi connectivity index (χ0n) is 13.4. The summed E-state index contributed by atoms with van der Waals surface area (Å²) in [6, 6.07) is 8.76. The van der Waals surface area contributed by atoms with Crippen LogP contribution in [0.2, 0.25) is 0 Å². The Morgan fingerprint density at radius 3 is 2.57 bits per heavy atom. The van der Waals surface area contributed by atoms with E-state index in [0.29, 0.717) is 13.1 Å². The van der Waals surface area contributed by atoms with E-state index in [2.05, 4.69) is 5.32 Å². The van der Waals surface area contributed by atoms with E-state index in [0.717, 1.165) is 18.4 Å². The maximum absolute atomic E-state index is 12.3. The molecule has 1 saturated heterocycles. The van der Waals surface area contributed by atoms with Gasteiger partial charge in [-0.2, -0.15) is 0 Å². The number of aliphatic hydroxyl groups is 1. The first-order chi connectivity index (χ1) is 11.1. The lowest BCUT2D eigenvalue weighted by molar-refractivity contribution is -0.134. The molecule has 0 spiro atoms. The van der Waals surface area contributed by atoms with Crippen LogP contribution in [0.4, 0.5) is 4.79 Å². The van der Waals surface area contributed by atoms with Crippen molar-refractivity contribution in [2.24, 2.45) is 5.92 Å². The lowest BCUT2D eigenvalue weighted by atomic mass is 9.97. The number of nitrogens with zero attached hydrogens (tertiary/aromatic N) is 1. The predicted octanol–water partition coefficient (Wildman–Crippen LogP) is 1.53. The average Bonchev–Trinajstić information content (AvgIpc) is 2.60. The minimum Gasteiger partial charge on any atom is -0.445 e. The van der Waals surface area contributed by atoms with Crippen LogP contribution in [0.5, 0.6) is 0 Å². The lowest BCUT2D eigenvalue weighted by Gasteiger charge is -2.32. The van der Waals surface area contributed by atoms with E-state index in [-0.39, 0.29) is 25.0 Å². The molecule has 0 saturated carbocycles. The summed E-state index contributed by atoms with van der Waals surface area (Å²) in [5, 5.41) is 11.7. The molecule has 1 fully saturated rings. The predicted molar refractivity (Wildman–Crippen MR) is 85.6 cm³/mol. The molecular formula is C17H24N2O4. The van der Waals surface area contributed by atoms with Gasteiger partial charge >= 0.3 is 6.09 Å². The van der Waals surface area contributed by atoms with E-state index in [9.17, 15) is 9.59 Å². The number of benzene rings is 1. The molecule has 2 N–H and O–H groups in total. The summed E-state index contributed by atoms with van der Waals surface area (Å²) in [4.78, 5) is 25.8. The molecule has 1 aliphatic rings. The number of aliphatic hydroxyl groups excluding tert-OH is 1. The van der Waals surface area contributed by atoms with Crippen LogP contribution in [0, 0.1) is 5.92 Å². The van der Waals surface area contributed by atoms with Gasteiger partial charge in [-0.1, -0.05) is 30.3 Å². The summed E-state index contributed by atoms with van der Waals surface area (Å²) in [5.41, 5.74) is 0.896. The SMILES string of the molecule is CC(NC(=O)OCc1ccccc1)C(=O)N1CCC(CO)CC1. The second-order valence-electron chi connectivity index (χ2n) is 5.88. The number of alkyl carbamates (subject to hydrolysis) is 1. The smallest absolute Gasteiger partial charge is 0.408 e. The van der Waals surface area contributed by atoms with Gasteiger partial charge in [0.2, 0.25) is 5.91 Å². The zero-order valence-corrected chi connectivity index (χ0v) is 13.4. The van der Waals surface area contributed by atoms with Crippen LogP contribution >= 0.6 is 0 Å². The van der Waals surface area contributed by atoms with Crippen molar-refractivity contribution in [3.63, 3.8) is 0 Å². The van der Waals surface area contributed by atoms with Crippen molar-refractivity contribution >= 4 is 12.0 Å². The molecule has 126 valence electrons. The Morgan fingerprint density at radius 2 is 1.96 bits per heavy atom. The second kappa shape index (κ2) is 8.53. The molecule has 1 aromatic rings. The Labute approximate surface area is 136 Å². The lowest BCUT2D eigenvalue weighted by Crippen LogP contribution is -2.49. The van der Waals surface area contributed by atoms with Gasteiger partial charge in [-0.05, 0) is 31.2 Å². The van der Waals surface area contributed by atoms with Gasteiger partial charge in [-0.3, -0.25) is 4.79 Å². The fourth-order valence-corrected chi connectivity index (χ4v) is 2.61. The van der Waals surface area contributed by atoms with Crippen LogP contribution in [0.1, 0.15) is 25.3 Å². The molecule has 1 aliphatic heterocycles. The Kier molecular flexibility index (Phi) is 6.40. The molecule has 0 aromatic heterocycles. The average molecular weight is 320 g/mol. The largest absolute Gasteiger partial charge is 0.445 e. The number of amides is 2. The highest BCUT2D eigenvalue weighted by atomic mass is 16.5. The van der Waals surface area contributed by atoms with Crippen molar-refractivity contribution in [1.29, 1.82) is 0 Å². The molecule has 0 aliphatic carbocycles. The van der Waals surface area contributed by atoms with Gasteiger partial charge in [0, 0.05) is 19.7 Å². The molecule has 1 atom stereocenters. The molecule has 6 nitrogen and oxygen atoms in total. The minimum absolute atomic E-state index is 0.113. The summed E-state index contributed by atoms with van der Waals surface area (Å²) >= 11 is 0. The Hall–Kier alpha value is -2.08. The summed E-state index contributed by atoms with van der Waals surface area (Å²) in [5.74, 6) is 0.163. The second-order valence-corrected chi connectivity index (χ2v) is 5.88. The van der Waals surface area contributed by atoms with Crippen molar-refractivity contribution in [2.75, 3.05) is 19.7 Å². The van der Waals surface area contributed by atoms with E-state index in [1.807, 2.05) is 30.3 Å². The Morgan fingerprint density at radius 1 is 1.30 bits per heavy atom. The monoisotopic (exact) mass is 320 g/mol. The van der Waals surface area contributed by atoms with Gasteiger partial charge in [-0.25, -0.2) is 4.79 Å². The first-order valence-corrected chi connectivity index (χ1v) is 7.97. The van der Waals surface area contributed by atoms with Crippen molar-refractivity contribution < 1.29 is 19.4 Å². The summed E-state index contributed by atoms with van der Waals surface area (Å²) in [6.45, 7) is 3.24. The molecule has 1 heterocycles. The van der Waals surface area contributed by atoms with Gasteiger partial charge in [0.1, 0.15) is 12.6 Å². The quantitative estimate of drug-likeness (QED) is 0.862. The summed E-state index contributed by atoms with van der Waals surface area (Å²) in [7, 11) is 0. The maximum atomic E-state index is 12.3. The van der Waals surface area contributed by atoms with Crippen LogP contribution in [0.25, 0.3) is 0 Å². The van der Waals surface area contributed by atoms with Gasteiger partial charge < -0.3 is 20.1 Å². The van der Waals surface area contributed by atoms with Gasteiger partial charge in [0.05, 0.1) is 0 Å². The first-order valence-electron chi connectivity index (χ1n) is 7.97. The molecule has 0 radical (unpaired) electrons. The molecule has 0 bridgehead atoms. The van der Waals surface area contributed by atoms with Crippen molar-refractivity contribution in [3.05, 3.63) is 35.9 Å². The molecule has 2 amide bonds. The third kappa shape index (κ3) is 5.25. The van der Waals surface area contributed by atoms with Crippen LogP contribution in [-0.2, 0) is 16.1 Å². The topological polar surface area (TPSA) is 78.9 Å². The third-order valence-electron chi connectivity index (χ3n) is 4.10. The third-order valence-corrected chi connectivity index (χ3v) is 4.10.